The predicted molar refractivity (Wildman–Crippen MR) is 102 cm³/mol. The van der Waals surface area contributed by atoms with Gasteiger partial charge in [-0.2, -0.15) is 0 Å². The molecule has 2 nitrogen and oxygen atoms in total. The number of hydrogen-bond acceptors (Lipinski definition) is 1. The normalized spacial score (nSPS) is 14.5. The van der Waals surface area contributed by atoms with Gasteiger partial charge >= 0.3 is 0 Å². The number of hydrogen-bond donors (Lipinski definition) is 0. The Morgan fingerprint density at radius 2 is 1.42 bits per heavy atom. The highest BCUT2D eigenvalue weighted by Crippen LogP contribution is 2.32. The summed E-state index contributed by atoms with van der Waals surface area (Å²) in [7, 11) is 0. The van der Waals surface area contributed by atoms with Crippen LogP contribution in [-0.2, 0) is 5.41 Å². The van der Waals surface area contributed by atoms with Gasteiger partial charge in [-0.3, -0.25) is 4.57 Å². The van der Waals surface area contributed by atoms with Gasteiger partial charge in [0.05, 0.1) is 11.0 Å². The molecule has 0 aliphatic rings. The quantitative estimate of drug-likeness (QED) is 0.435. The van der Waals surface area contributed by atoms with E-state index in [1.54, 1.807) is 0 Å². The van der Waals surface area contributed by atoms with Gasteiger partial charge in [-0.05, 0) is 36.0 Å². The first-order valence-corrected chi connectivity index (χ1v) is 8.18. The van der Waals surface area contributed by atoms with Gasteiger partial charge in [0.15, 0.2) is 0 Å². The Balaban J connectivity index is 2.07. The zero-order chi connectivity index (χ0) is 19.4. The van der Waals surface area contributed by atoms with Gasteiger partial charge in [-0.1, -0.05) is 63.2 Å². The first-order chi connectivity index (χ1) is 12.7. The second kappa shape index (κ2) is 5.20. The zero-order valence-corrected chi connectivity index (χ0v) is 14.2. The van der Waals surface area contributed by atoms with Crippen molar-refractivity contribution in [3.05, 3.63) is 71.9 Å². The fraction of sp³-hybridized carbons (Fsp3) is 0.227. The average molecular weight is 317 g/mol. The number of rotatable bonds is 1. The smallest absolute Gasteiger partial charge is 0.137 e. The lowest BCUT2D eigenvalue weighted by Crippen LogP contribution is -2.14. The van der Waals surface area contributed by atoms with Gasteiger partial charge in [0.2, 0.25) is 0 Å². The monoisotopic (exact) mass is 317 g/mol. The van der Waals surface area contributed by atoms with Crippen LogP contribution in [0.2, 0.25) is 0 Å². The SMILES string of the molecule is [2H]C([2H])([2H])c1nc(-n2c3ccccc3c3ccccc32)ccc1C(C)(C)C. The number of fused-ring (bicyclic) bond motifs is 3. The molecule has 0 saturated heterocycles. The van der Waals surface area contributed by atoms with E-state index in [2.05, 4.69) is 17.1 Å². The minimum atomic E-state index is -2.27. The van der Waals surface area contributed by atoms with E-state index in [4.69, 9.17) is 4.11 Å². The Hall–Kier alpha value is -2.61. The van der Waals surface area contributed by atoms with Crippen LogP contribution in [0.1, 0.15) is 36.1 Å². The summed E-state index contributed by atoms with van der Waals surface area (Å²) in [5.74, 6) is 0.631. The zero-order valence-electron chi connectivity index (χ0n) is 17.2. The Kier molecular flexibility index (Phi) is 2.57. The van der Waals surface area contributed by atoms with E-state index in [-0.39, 0.29) is 11.1 Å². The van der Waals surface area contributed by atoms with Gasteiger partial charge in [-0.25, -0.2) is 4.98 Å². The lowest BCUT2D eigenvalue weighted by molar-refractivity contribution is 0.582. The fourth-order valence-corrected chi connectivity index (χ4v) is 3.35. The number of pyridine rings is 1. The standard InChI is InChI=1S/C22H22N2/c1-15-18(22(2,3)4)13-14-21(23-15)24-19-11-7-5-9-16(19)17-10-6-8-12-20(17)24/h5-14H,1-4H3/i1D3. The first-order valence-electron chi connectivity index (χ1n) is 9.68. The second-order valence-electron chi connectivity index (χ2n) is 7.19. The molecule has 2 heteroatoms. The van der Waals surface area contributed by atoms with E-state index in [0.717, 1.165) is 27.4 Å². The molecule has 0 radical (unpaired) electrons. The number of benzene rings is 2. The molecule has 2 aromatic carbocycles. The maximum absolute atomic E-state index is 8.00. The predicted octanol–water partition coefficient (Wildman–Crippen LogP) is 5.78. The van der Waals surface area contributed by atoms with E-state index in [1.165, 1.54) is 0 Å². The van der Waals surface area contributed by atoms with Gasteiger partial charge < -0.3 is 0 Å². The third-order valence-corrected chi connectivity index (χ3v) is 4.50. The second-order valence-corrected chi connectivity index (χ2v) is 7.19. The highest BCUT2D eigenvalue weighted by Gasteiger charge is 2.18. The topological polar surface area (TPSA) is 17.8 Å². The molecule has 0 saturated carbocycles. The van der Waals surface area contributed by atoms with E-state index >= 15 is 0 Å². The summed E-state index contributed by atoms with van der Waals surface area (Å²) >= 11 is 0. The molecule has 4 aromatic rings. The van der Waals surface area contributed by atoms with Crippen LogP contribution in [0.15, 0.2) is 60.7 Å². The van der Waals surface area contributed by atoms with Crippen LogP contribution in [0.25, 0.3) is 27.6 Å². The van der Waals surface area contributed by atoms with Crippen molar-refractivity contribution in [3.8, 4) is 5.82 Å². The Morgan fingerprint density at radius 1 is 0.833 bits per heavy atom. The molecule has 0 N–H and O–H groups in total. The Bertz CT molecular complexity index is 1090. The van der Waals surface area contributed by atoms with Crippen molar-refractivity contribution in [1.82, 2.24) is 9.55 Å². The van der Waals surface area contributed by atoms with Crippen molar-refractivity contribution in [2.75, 3.05) is 0 Å². The van der Waals surface area contributed by atoms with Gasteiger partial charge in [0.1, 0.15) is 5.82 Å². The highest BCUT2D eigenvalue weighted by atomic mass is 15.1. The lowest BCUT2D eigenvalue weighted by atomic mass is 9.86. The molecule has 4 rings (SSSR count). The van der Waals surface area contributed by atoms with Gasteiger partial charge in [-0.15, -0.1) is 0 Å². The summed E-state index contributed by atoms with van der Waals surface area (Å²) in [5.41, 5.74) is 2.68. The van der Waals surface area contributed by atoms with Crippen molar-refractivity contribution >= 4 is 21.8 Å². The molecule has 0 atom stereocenters. The van der Waals surface area contributed by atoms with Crippen LogP contribution in [-0.4, -0.2) is 9.55 Å². The third-order valence-electron chi connectivity index (χ3n) is 4.50. The van der Waals surface area contributed by atoms with E-state index < -0.39 is 6.85 Å². The molecule has 120 valence electrons. The van der Waals surface area contributed by atoms with E-state index in [1.807, 2.05) is 73.9 Å². The summed E-state index contributed by atoms with van der Waals surface area (Å²) in [4.78, 5) is 4.65. The lowest BCUT2D eigenvalue weighted by Gasteiger charge is -2.21. The molecule has 2 heterocycles. The molecule has 0 aliphatic carbocycles. The molecule has 0 bridgehead atoms. The highest BCUT2D eigenvalue weighted by molar-refractivity contribution is 6.09. The molecule has 24 heavy (non-hydrogen) atoms. The summed E-state index contributed by atoms with van der Waals surface area (Å²) in [6.45, 7) is 3.77. The van der Waals surface area contributed by atoms with Crippen molar-refractivity contribution in [3.63, 3.8) is 0 Å². The Labute approximate surface area is 147 Å². The number of aryl methyl sites for hydroxylation is 1. The average Bonchev–Trinajstić information content (AvgIpc) is 2.94. The maximum atomic E-state index is 8.00. The molecular formula is C22H22N2. The van der Waals surface area contributed by atoms with Crippen LogP contribution in [0.4, 0.5) is 0 Å². The van der Waals surface area contributed by atoms with Crippen LogP contribution in [0, 0.1) is 6.85 Å². The van der Waals surface area contributed by atoms with Gasteiger partial charge in [0, 0.05) is 20.6 Å². The Morgan fingerprint density at radius 3 is 1.96 bits per heavy atom. The molecule has 0 unspecified atom stereocenters. The number of para-hydroxylation sites is 2. The molecule has 0 fully saturated rings. The minimum Gasteiger partial charge on any atom is -0.294 e. The van der Waals surface area contributed by atoms with Gasteiger partial charge in [0.25, 0.3) is 0 Å². The summed E-state index contributed by atoms with van der Waals surface area (Å²) in [5, 5.41) is 2.26. The molecule has 0 amide bonds. The van der Waals surface area contributed by atoms with Crippen LogP contribution in [0.5, 0.6) is 0 Å². The van der Waals surface area contributed by atoms with Crippen molar-refractivity contribution in [1.29, 1.82) is 0 Å². The van der Waals surface area contributed by atoms with Crippen LogP contribution in [0.3, 0.4) is 0 Å². The van der Waals surface area contributed by atoms with Crippen molar-refractivity contribution in [2.24, 2.45) is 0 Å². The maximum Gasteiger partial charge on any atom is 0.137 e. The van der Waals surface area contributed by atoms with Crippen LogP contribution >= 0.6 is 0 Å². The summed E-state index contributed by atoms with van der Waals surface area (Å²) in [6, 6.07) is 20.1. The summed E-state index contributed by atoms with van der Waals surface area (Å²) in [6.07, 6.45) is 0. The molecular weight excluding hydrogens is 292 g/mol. The van der Waals surface area contributed by atoms with Crippen molar-refractivity contribution < 1.29 is 4.11 Å². The third kappa shape index (κ3) is 2.22. The fourth-order valence-electron chi connectivity index (χ4n) is 3.35. The number of nitrogens with zero attached hydrogens (tertiary/aromatic N) is 2. The largest absolute Gasteiger partial charge is 0.294 e. The van der Waals surface area contributed by atoms with E-state index in [9.17, 15) is 0 Å². The number of aromatic nitrogens is 2. The summed E-state index contributed by atoms with van der Waals surface area (Å²) < 4.78 is 26.1. The van der Waals surface area contributed by atoms with E-state index in [0.29, 0.717) is 5.82 Å². The molecule has 0 aliphatic heterocycles. The minimum absolute atomic E-state index is 0.175. The van der Waals surface area contributed by atoms with Crippen LogP contribution < -0.4 is 0 Å². The molecule has 0 spiro atoms. The first kappa shape index (κ1) is 11.9. The molecule has 2 aromatic heterocycles. The van der Waals surface area contributed by atoms with Crippen molar-refractivity contribution in [2.45, 2.75) is 33.0 Å².